The van der Waals surface area contributed by atoms with Crippen LogP contribution in [-0.2, 0) is 4.79 Å². The first-order valence-corrected chi connectivity index (χ1v) is 7.29. The Labute approximate surface area is 112 Å². The number of aliphatic hydroxyl groups is 1. The minimum absolute atomic E-state index is 0.0889. The van der Waals surface area contributed by atoms with E-state index in [1.165, 1.54) is 0 Å². The van der Waals surface area contributed by atoms with E-state index < -0.39 is 0 Å². The lowest BCUT2D eigenvalue weighted by atomic mass is 9.95. The van der Waals surface area contributed by atoms with E-state index in [2.05, 4.69) is 0 Å². The minimum atomic E-state index is 0.0889. The Morgan fingerprint density at radius 1 is 1.61 bits per heavy atom. The number of carbonyl (C=O) groups is 1. The second-order valence-electron chi connectivity index (χ2n) is 4.65. The summed E-state index contributed by atoms with van der Waals surface area (Å²) in [5.74, 6) is 0.550. The van der Waals surface area contributed by atoms with Crippen LogP contribution >= 0.6 is 11.3 Å². The van der Waals surface area contributed by atoms with Gasteiger partial charge in [0.1, 0.15) is 0 Å². The van der Waals surface area contributed by atoms with Crippen molar-refractivity contribution < 1.29 is 9.90 Å². The van der Waals surface area contributed by atoms with E-state index in [1.807, 2.05) is 28.5 Å². The fraction of sp³-hybridized carbons (Fsp3) is 0.500. The fourth-order valence-corrected chi connectivity index (χ4v) is 2.95. The molecule has 1 N–H and O–H groups in total. The molecule has 3 nitrogen and oxygen atoms in total. The van der Waals surface area contributed by atoms with Gasteiger partial charge in [0.25, 0.3) is 0 Å². The van der Waals surface area contributed by atoms with Gasteiger partial charge in [0, 0.05) is 30.6 Å². The monoisotopic (exact) mass is 265 g/mol. The SMILES string of the molecule is O=C(C=Cc1cccs1)N1CCCC(CCO)C1. The Morgan fingerprint density at radius 3 is 3.22 bits per heavy atom. The molecule has 1 atom stereocenters. The number of piperidine rings is 1. The quantitative estimate of drug-likeness (QED) is 0.849. The molecule has 0 saturated carbocycles. The zero-order valence-electron chi connectivity index (χ0n) is 10.4. The zero-order chi connectivity index (χ0) is 12.8. The first-order chi connectivity index (χ1) is 8.79. The second kappa shape index (κ2) is 6.71. The average molecular weight is 265 g/mol. The van der Waals surface area contributed by atoms with Gasteiger partial charge in [-0.15, -0.1) is 11.3 Å². The summed E-state index contributed by atoms with van der Waals surface area (Å²) in [6, 6.07) is 3.98. The lowest BCUT2D eigenvalue weighted by Crippen LogP contribution is -2.39. The van der Waals surface area contributed by atoms with Gasteiger partial charge in [0.05, 0.1) is 0 Å². The van der Waals surface area contributed by atoms with Crippen LogP contribution in [0.2, 0.25) is 0 Å². The number of likely N-dealkylation sites (tertiary alicyclic amines) is 1. The van der Waals surface area contributed by atoms with E-state index in [1.54, 1.807) is 17.4 Å². The molecule has 98 valence electrons. The molecule has 0 bridgehead atoms. The number of amides is 1. The molecule has 1 aromatic rings. The van der Waals surface area contributed by atoms with Crippen LogP contribution in [0.15, 0.2) is 23.6 Å². The standard InChI is InChI=1S/C14H19NO2S/c16-9-7-12-3-1-8-15(11-12)14(17)6-5-13-4-2-10-18-13/h2,4-6,10,12,16H,1,3,7-9,11H2. The van der Waals surface area contributed by atoms with Gasteiger partial charge < -0.3 is 10.0 Å². The van der Waals surface area contributed by atoms with Crippen molar-refractivity contribution in [1.29, 1.82) is 0 Å². The molecule has 4 heteroatoms. The lowest BCUT2D eigenvalue weighted by molar-refractivity contribution is -0.127. The van der Waals surface area contributed by atoms with Gasteiger partial charge in [-0.2, -0.15) is 0 Å². The van der Waals surface area contributed by atoms with Crippen LogP contribution in [0, 0.1) is 5.92 Å². The van der Waals surface area contributed by atoms with Crippen LogP contribution in [0.25, 0.3) is 6.08 Å². The third-order valence-corrected chi connectivity index (χ3v) is 4.14. The van der Waals surface area contributed by atoms with Gasteiger partial charge in [0.15, 0.2) is 0 Å². The topological polar surface area (TPSA) is 40.5 Å². The number of hydrogen-bond acceptors (Lipinski definition) is 3. The van der Waals surface area contributed by atoms with Crippen LogP contribution in [0.1, 0.15) is 24.1 Å². The number of hydrogen-bond donors (Lipinski definition) is 1. The van der Waals surface area contributed by atoms with Crippen LogP contribution in [0.3, 0.4) is 0 Å². The summed E-state index contributed by atoms with van der Waals surface area (Å²) in [7, 11) is 0. The van der Waals surface area contributed by atoms with Crippen LogP contribution in [-0.4, -0.2) is 35.6 Å². The molecule has 1 unspecified atom stereocenters. The van der Waals surface area contributed by atoms with Crippen molar-refractivity contribution in [3.05, 3.63) is 28.5 Å². The molecule has 18 heavy (non-hydrogen) atoms. The molecule has 1 amide bonds. The highest BCUT2D eigenvalue weighted by Gasteiger charge is 2.21. The smallest absolute Gasteiger partial charge is 0.246 e. The molecule has 0 spiro atoms. The fourth-order valence-electron chi connectivity index (χ4n) is 2.33. The zero-order valence-corrected chi connectivity index (χ0v) is 11.2. The molecular weight excluding hydrogens is 246 g/mol. The number of rotatable bonds is 4. The predicted octanol–water partition coefficient (Wildman–Crippen LogP) is 2.38. The van der Waals surface area contributed by atoms with Crippen molar-refractivity contribution in [2.24, 2.45) is 5.92 Å². The summed E-state index contributed by atoms with van der Waals surface area (Å²) in [5, 5.41) is 11.0. The summed E-state index contributed by atoms with van der Waals surface area (Å²) in [4.78, 5) is 15.0. The minimum Gasteiger partial charge on any atom is -0.396 e. The Balaban J connectivity index is 1.88. The van der Waals surface area contributed by atoms with Gasteiger partial charge >= 0.3 is 0 Å². The van der Waals surface area contributed by atoms with E-state index in [-0.39, 0.29) is 12.5 Å². The molecule has 0 radical (unpaired) electrons. The van der Waals surface area contributed by atoms with Crippen LogP contribution in [0.5, 0.6) is 0 Å². The second-order valence-corrected chi connectivity index (χ2v) is 5.63. The molecule has 1 saturated heterocycles. The highest BCUT2D eigenvalue weighted by molar-refractivity contribution is 7.10. The molecule has 1 aromatic heterocycles. The van der Waals surface area contributed by atoms with Gasteiger partial charge in [-0.05, 0) is 42.7 Å². The third kappa shape index (κ3) is 3.68. The highest BCUT2D eigenvalue weighted by atomic mass is 32.1. The lowest BCUT2D eigenvalue weighted by Gasteiger charge is -2.31. The van der Waals surface area contributed by atoms with E-state index >= 15 is 0 Å². The summed E-state index contributed by atoms with van der Waals surface area (Å²) in [6.45, 7) is 1.85. The van der Waals surface area contributed by atoms with Gasteiger partial charge in [-0.25, -0.2) is 0 Å². The average Bonchev–Trinajstić information content (AvgIpc) is 2.90. The summed E-state index contributed by atoms with van der Waals surface area (Å²) >= 11 is 1.63. The molecule has 2 heterocycles. The van der Waals surface area contributed by atoms with E-state index in [4.69, 9.17) is 5.11 Å². The van der Waals surface area contributed by atoms with Crippen LogP contribution < -0.4 is 0 Å². The number of thiophene rings is 1. The first-order valence-electron chi connectivity index (χ1n) is 6.41. The van der Waals surface area contributed by atoms with Crippen LogP contribution in [0.4, 0.5) is 0 Å². The van der Waals surface area contributed by atoms with Crippen molar-refractivity contribution >= 4 is 23.3 Å². The largest absolute Gasteiger partial charge is 0.396 e. The van der Waals surface area contributed by atoms with Crippen molar-refractivity contribution in [2.45, 2.75) is 19.3 Å². The van der Waals surface area contributed by atoms with Crippen molar-refractivity contribution in [3.8, 4) is 0 Å². The maximum atomic E-state index is 12.0. The number of aliphatic hydroxyl groups excluding tert-OH is 1. The van der Waals surface area contributed by atoms with Crippen molar-refractivity contribution in [2.75, 3.05) is 19.7 Å². The molecule has 2 rings (SSSR count). The maximum absolute atomic E-state index is 12.0. The molecule has 1 aliphatic heterocycles. The normalized spacial score (nSPS) is 20.5. The van der Waals surface area contributed by atoms with E-state index in [9.17, 15) is 4.79 Å². The Bertz CT molecular complexity index is 398. The van der Waals surface area contributed by atoms with Gasteiger partial charge in [-0.1, -0.05) is 6.07 Å². The number of nitrogens with zero attached hydrogens (tertiary/aromatic N) is 1. The van der Waals surface area contributed by atoms with E-state index in [0.29, 0.717) is 5.92 Å². The van der Waals surface area contributed by atoms with Crippen molar-refractivity contribution in [1.82, 2.24) is 4.90 Å². The third-order valence-electron chi connectivity index (χ3n) is 3.30. The summed E-state index contributed by atoms with van der Waals surface area (Å²) in [5.41, 5.74) is 0. The molecule has 1 aliphatic rings. The summed E-state index contributed by atoms with van der Waals surface area (Å²) < 4.78 is 0. The maximum Gasteiger partial charge on any atom is 0.246 e. The van der Waals surface area contributed by atoms with Gasteiger partial charge in [-0.3, -0.25) is 4.79 Å². The van der Waals surface area contributed by atoms with Gasteiger partial charge in [0.2, 0.25) is 5.91 Å². The highest BCUT2D eigenvalue weighted by Crippen LogP contribution is 2.19. The van der Waals surface area contributed by atoms with E-state index in [0.717, 1.165) is 37.2 Å². The molecule has 0 aliphatic carbocycles. The first kappa shape index (κ1) is 13.3. The predicted molar refractivity (Wildman–Crippen MR) is 74.4 cm³/mol. The Kier molecular flexibility index (Phi) is 4.96. The molecule has 1 fully saturated rings. The molecular formula is C14H19NO2S. The Hall–Kier alpha value is -1.13. The summed E-state index contributed by atoms with van der Waals surface area (Å²) in [6.07, 6.45) is 6.51. The van der Waals surface area contributed by atoms with Crippen molar-refractivity contribution in [3.63, 3.8) is 0 Å². The molecule has 0 aromatic carbocycles. The number of carbonyl (C=O) groups excluding carboxylic acids is 1. The Morgan fingerprint density at radius 2 is 2.50 bits per heavy atom.